The summed E-state index contributed by atoms with van der Waals surface area (Å²) >= 11 is 0. The Kier molecular flexibility index (Phi) is 7.56. The molecule has 1 rings (SSSR count). The maximum atomic E-state index is 5.39. The second-order valence-electron chi connectivity index (χ2n) is 4.16. The molecule has 0 radical (unpaired) electrons. The molecule has 16 heavy (non-hydrogen) atoms. The van der Waals surface area contributed by atoms with E-state index in [0.717, 1.165) is 13.0 Å². The fourth-order valence-electron chi connectivity index (χ4n) is 1.69. The van der Waals surface area contributed by atoms with Gasteiger partial charge in [-0.2, -0.15) is 0 Å². The molecule has 0 saturated heterocycles. The molecule has 0 aromatic carbocycles. The van der Waals surface area contributed by atoms with Gasteiger partial charge in [0.15, 0.2) is 0 Å². The van der Waals surface area contributed by atoms with Crippen LogP contribution in [0.25, 0.3) is 0 Å². The maximum Gasteiger partial charge on any atom is 0.253 e. The fraction of sp³-hybridized carbons (Fsp3) is 0.769. The molecule has 1 heterocycles. The normalized spacial score (nSPS) is 10.6. The van der Waals surface area contributed by atoms with E-state index < -0.39 is 0 Å². The Morgan fingerprint density at radius 3 is 2.38 bits per heavy atom. The van der Waals surface area contributed by atoms with Crippen molar-refractivity contribution in [2.45, 2.75) is 58.3 Å². The van der Waals surface area contributed by atoms with E-state index in [1.54, 1.807) is 6.07 Å². The van der Waals surface area contributed by atoms with Gasteiger partial charge in [0.05, 0.1) is 6.61 Å². The van der Waals surface area contributed by atoms with Gasteiger partial charge in [-0.3, -0.25) is 0 Å². The molecule has 0 atom stereocenters. The number of nitrogens with zero attached hydrogens (tertiary/aromatic N) is 1. The Morgan fingerprint density at radius 1 is 1.06 bits per heavy atom. The predicted molar refractivity (Wildman–Crippen MR) is 64.6 cm³/mol. The van der Waals surface area contributed by atoms with E-state index in [-0.39, 0.29) is 0 Å². The third-order valence-corrected chi connectivity index (χ3v) is 2.66. The first-order valence-corrected chi connectivity index (χ1v) is 6.46. The molecule has 0 N–H and O–H groups in total. The molecule has 3 nitrogen and oxygen atoms in total. The molecular formula is C13H23NO2. The molecule has 0 aliphatic rings. The van der Waals surface area contributed by atoms with Crippen LogP contribution in [0.15, 0.2) is 16.9 Å². The second kappa shape index (κ2) is 9.25. The van der Waals surface area contributed by atoms with Crippen molar-refractivity contribution >= 4 is 0 Å². The van der Waals surface area contributed by atoms with Crippen LogP contribution >= 0.6 is 0 Å². The van der Waals surface area contributed by atoms with E-state index in [4.69, 9.17) is 4.74 Å². The fourth-order valence-corrected chi connectivity index (χ4v) is 1.69. The predicted octanol–water partition coefficient (Wildman–Crippen LogP) is 4.19. The Balaban J connectivity index is 1.78. The van der Waals surface area contributed by atoms with Crippen LogP contribution in [0.4, 0.5) is 0 Å². The summed E-state index contributed by atoms with van der Waals surface area (Å²) in [5.74, 6) is 0.600. The minimum Gasteiger partial charge on any atom is -0.476 e. The Bertz CT molecular complexity index is 234. The average molecular weight is 225 g/mol. The van der Waals surface area contributed by atoms with Crippen molar-refractivity contribution in [1.29, 1.82) is 0 Å². The lowest BCUT2D eigenvalue weighted by Crippen LogP contribution is -1.97. The quantitative estimate of drug-likeness (QED) is 0.560. The number of rotatable bonds is 10. The van der Waals surface area contributed by atoms with Crippen molar-refractivity contribution in [3.05, 3.63) is 12.3 Å². The largest absolute Gasteiger partial charge is 0.476 e. The summed E-state index contributed by atoms with van der Waals surface area (Å²) < 4.78 is 10.1. The molecular weight excluding hydrogens is 202 g/mol. The van der Waals surface area contributed by atoms with Crippen LogP contribution in [-0.4, -0.2) is 11.8 Å². The first kappa shape index (κ1) is 13.1. The van der Waals surface area contributed by atoms with Crippen molar-refractivity contribution in [2.24, 2.45) is 0 Å². The highest BCUT2D eigenvalue weighted by Gasteiger charge is 1.96. The highest BCUT2D eigenvalue weighted by Crippen LogP contribution is 2.09. The topological polar surface area (TPSA) is 35.3 Å². The van der Waals surface area contributed by atoms with Crippen LogP contribution in [-0.2, 0) is 0 Å². The zero-order valence-electron chi connectivity index (χ0n) is 10.3. The van der Waals surface area contributed by atoms with Gasteiger partial charge >= 0.3 is 0 Å². The number of hydrogen-bond donors (Lipinski definition) is 0. The number of ether oxygens (including phenoxy) is 1. The molecule has 92 valence electrons. The minimum absolute atomic E-state index is 0.600. The lowest BCUT2D eigenvalue weighted by Gasteiger charge is -2.02. The van der Waals surface area contributed by atoms with Gasteiger partial charge in [0.25, 0.3) is 5.88 Å². The highest BCUT2D eigenvalue weighted by molar-refractivity contribution is 5.01. The van der Waals surface area contributed by atoms with Crippen molar-refractivity contribution < 1.29 is 9.26 Å². The number of aromatic nitrogens is 1. The molecule has 0 amide bonds. The summed E-state index contributed by atoms with van der Waals surface area (Å²) in [6.45, 7) is 3.00. The smallest absolute Gasteiger partial charge is 0.253 e. The third-order valence-electron chi connectivity index (χ3n) is 2.66. The lowest BCUT2D eigenvalue weighted by atomic mass is 10.1. The summed E-state index contributed by atoms with van der Waals surface area (Å²) in [6, 6.07) is 1.74. The summed E-state index contributed by atoms with van der Waals surface area (Å²) in [6.07, 6.45) is 12.1. The lowest BCUT2D eigenvalue weighted by molar-refractivity contribution is 0.270. The van der Waals surface area contributed by atoms with E-state index in [0.29, 0.717) is 5.88 Å². The zero-order valence-corrected chi connectivity index (χ0v) is 10.3. The molecule has 1 aromatic heterocycles. The van der Waals surface area contributed by atoms with Gasteiger partial charge in [0.1, 0.15) is 6.26 Å². The van der Waals surface area contributed by atoms with E-state index in [1.807, 2.05) is 0 Å². The zero-order chi connectivity index (χ0) is 11.5. The van der Waals surface area contributed by atoms with Crippen LogP contribution < -0.4 is 4.74 Å². The average Bonchev–Trinajstić information content (AvgIpc) is 2.80. The molecule has 3 heteroatoms. The van der Waals surface area contributed by atoms with Crippen molar-refractivity contribution in [3.8, 4) is 5.88 Å². The first-order valence-electron chi connectivity index (χ1n) is 6.46. The van der Waals surface area contributed by atoms with Gasteiger partial charge in [-0.1, -0.05) is 51.9 Å². The summed E-state index contributed by atoms with van der Waals surface area (Å²) in [4.78, 5) is 0. The van der Waals surface area contributed by atoms with Gasteiger partial charge in [0, 0.05) is 6.07 Å². The Labute approximate surface area is 98.2 Å². The molecule has 0 fully saturated rings. The van der Waals surface area contributed by atoms with Crippen molar-refractivity contribution in [3.63, 3.8) is 0 Å². The van der Waals surface area contributed by atoms with Crippen LogP contribution in [0.3, 0.4) is 0 Å². The standard InChI is InChI=1S/C13H23NO2/c1-2-3-4-5-6-7-8-9-11-15-13-10-12-16-14-13/h10,12H,2-9,11H2,1H3. The monoisotopic (exact) mass is 225 g/mol. The first-order chi connectivity index (χ1) is 7.93. The van der Waals surface area contributed by atoms with Crippen LogP contribution in [0.1, 0.15) is 58.3 Å². The molecule has 0 unspecified atom stereocenters. The molecule has 1 aromatic rings. The van der Waals surface area contributed by atoms with Gasteiger partial charge in [0.2, 0.25) is 0 Å². The maximum absolute atomic E-state index is 5.39. The van der Waals surface area contributed by atoms with Gasteiger partial charge in [-0.05, 0) is 11.6 Å². The van der Waals surface area contributed by atoms with Crippen LogP contribution in [0.5, 0.6) is 5.88 Å². The summed E-state index contributed by atoms with van der Waals surface area (Å²) in [7, 11) is 0. The third kappa shape index (κ3) is 6.49. The Hall–Kier alpha value is -0.990. The van der Waals surface area contributed by atoms with E-state index in [9.17, 15) is 0 Å². The van der Waals surface area contributed by atoms with Crippen molar-refractivity contribution in [1.82, 2.24) is 5.16 Å². The number of hydrogen-bond acceptors (Lipinski definition) is 3. The van der Waals surface area contributed by atoms with Crippen molar-refractivity contribution in [2.75, 3.05) is 6.61 Å². The Morgan fingerprint density at radius 2 is 1.75 bits per heavy atom. The second-order valence-corrected chi connectivity index (χ2v) is 4.16. The molecule has 0 spiro atoms. The SMILES string of the molecule is CCCCCCCCCCOc1ccon1. The molecule has 0 aliphatic heterocycles. The highest BCUT2D eigenvalue weighted by atomic mass is 16.5. The van der Waals surface area contributed by atoms with Gasteiger partial charge < -0.3 is 9.26 Å². The molecule has 0 aliphatic carbocycles. The molecule has 0 bridgehead atoms. The van der Waals surface area contributed by atoms with E-state index in [1.165, 1.54) is 51.2 Å². The van der Waals surface area contributed by atoms with E-state index >= 15 is 0 Å². The van der Waals surface area contributed by atoms with E-state index in [2.05, 4.69) is 16.6 Å². The van der Waals surface area contributed by atoms with Crippen LogP contribution in [0, 0.1) is 0 Å². The minimum atomic E-state index is 0.600. The summed E-state index contributed by atoms with van der Waals surface area (Å²) in [5.41, 5.74) is 0. The van der Waals surface area contributed by atoms with Gasteiger partial charge in [-0.25, -0.2) is 0 Å². The molecule has 0 saturated carbocycles. The number of unbranched alkanes of at least 4 members (excludes halogenated alkanes) is 7. The summed E-state index contributed by atoms with van der Waals surface area (Å²) in [5, 5.41) is 3.69. The van der Waals surface area contributed by atoms with Gasteiger partial charge in [-0.15, -0.1) is 0 Å². The van der Waals surface area contributed by atoms with Crippen LogP contribution in [0.2, 0.25) is 0 Å².